The first-order valence-corrected chi connectivity index (χ1v) is 7.45. The number of ether oxygens (including phenoxy) is 1. The number of nitrogens with zero attached hydrogens (tertiary/aromatic N) is 1. The molecule has 3 rings (SSSR count). The van der Waals surface area contributed by atoms with Gasteiger partial charge in [0.05, 0.1) is 18.2 Å². The Labute approximate surface area is 127 Å². The van der Waals surface area contributed by atoms with Gasteiger partial charge in [-0.2, -0.15) is 13.2 Å². The van der Waals surface area contributed by atoms with Gasteiger partial charge in [-0.05, 0) is 43.2 Å². The normalized spacial score (nSPS) is 24.5. The van der Waals surface area contributed by atoms with Gasteiger partial charge < -0.3 is 9.64 Å². The number of hydrogen-bond donors (Lipinski definition) is 0. The van der Waals surface area contributed by atoms with Crippen molar-refractivity contribution in [2.24, 2.45) is 11.8 Å². The highest BCUT2D eigenvalue weighted by Crippen LogP contribution is 2.46. The number of rotatable bonds is 2. The predicted molar refractivity (Wildman–Crippen MR) is 74.7 cm³/mol. The van der Waals surface area contributed by atoms with Crippen LogP contribution in [0.15, 0.2) is 18.2 Å². The first-order valence-electron chi connectivity index (χ1n) is 7.45. The van der Waals surface area contributed by atoms with Crippen molar-refractivity contribution in [2.45, 2.75) is 25.4 Å². The number of para-hydroxylation sites is 1. The van der Waals surface area contributed by atoms with Crippen molar-refractivity contribution in [2.75, 3.05) is 20.2 Å². The summed E-state index contributed by atoms with van der Waals surface area (Å²) in [5.74, 6) is 0.640. The zero-order valence-corrected chi connectivity index (χ0v) is 12.3. The van der Waals surface area contributed by atoms with Gasteiger partial charge in [0.25, 0.3) is 5.91 Å². The largest absolute Gasteiger partial charge is 0.495 e. The van der Waals surface area contributed by atoms with Crippen molar-refractivity contribution >= 4 is 5.91 Å². The minimum atomic E-state index is -4.54. The van der Waals surface area contributed by atoms with Gasteiger partial charge in [0, 0.05) is 13.1 Å². The molecule has 1 aliphatic heterocycles. The molecule has 1 aromatic rings. The molecule has 1 heterocycles. The smallest absolute Gasteiger partial charge is 0.419 e. The third kappa shape index (κ3) is 2.78. The third-order valence-electron chi connectivity index (χ3n) is 4.65. The van der Waals surface area contributed by atoms with E-state index in [0.717, 1.165) is 18.9 Å². The summed E-state index contributed by atoms with van der Waals surface area (Å²) in [6.07, 6.45) is -1.42. The molecule has 6 heteroatoms. The summed E-state index contributed by atoms with van der Waals surface area (Å²) in [5, 5.41) is 0. The van der Waals surface area contributed by atoms with Gasteiger partial charge in [0.1, 0.15) is 5.75 Å². The summed E-state index contributed by atoms with van der Waals surface area (Å²) >= 11 is 0. The van der Waals surface area contributed by atoms with Crippen LogP contribution < -0.4 is 4.74 Å². The average molecular weight is 313 g/mol. The summed E-state index contributed by atoms with van der Waals surface area (Å²) in [5.41, 5.74) is -0.911. The van der Waals surface area contributed by atoms with Crippen LogP contribution in [0.4, 0.5) is 13.2 Å². The van der Waals surface area contributed by atoms with Crippen LogP contribution in [0.5, 0.6) is 5.75 Å². The quantitative estimate of drug-likeness (QED) is 0.835. The van der Waals surface area contributed by atoms with Crippen LogP contribution in [-0.4, -0.2) is 31.0 Å². The molecule has 2 fully saturated rings. The van der Waals surface area contributed by atoms with Gasteiger partial charge in [-0.15, -0.1) is 0 Å². The maximum Gasteiger partial charge on any atom is 0.419 e. The lowest BCUT2D eigenvalue weighted by Gasteiger charge is -2.23. The van der Waals surface area contributed by atoms with E-state index in [4.69, 9.17) is 4.74 Å². The van der Waals surface area contributed by atoms with E-state index >= 15 is 0 Å². The number of alkyl halides is 3. The first kappa shape index (κ1) is 15.2. The summed E-state index contributed by atoms with van der Waals surface area (Å²) in [6, 6.07) is 3.60. The molecule has 1 saturated carbocycles. The minimum absolute atomic E-state index is 0.00658. The van der Waals surface area contributed by atoms with Gasteiger partial charge in [-0.1, -0.05) is 6.07 Å². The Hall–Kier alpha value is -1.72. The van der Waals surface area contributed by atoms with Crippen LogP contribution in [0.3, 0.4) is 0 Å². The molecular formula is C16H18F3NO2. The Morgan fingerprint density at radius 3 is 2.41 bits per heavy atom. The lowest BCUT2D eigenvalue weighted by atomic mass is 10.1. The van der Waals surface area contributed by atoms with Crippen LogP contribution in [0, 0.1) is 11.8 Å². The first-order chi connectivity index (χ1) is 10.4. The lowest BCUT2D eigenvalue weighted by Crippen LogP contribution is -2.33. The average Bonchev–Trinajstić information content (AvgIpc) is 3.23. The van der Waals surface area contributed by atoms with Crippen LogP contribution in [0.2, 0.25) is 0 Å². The van der Waals surface area contributed by atoms with Crippen LogP contribution in [-0.2, 0) is 6.18 Å². The fraction of sp³-hybridized carbons (Fsp3) is 0.562. The zero-order chi connectivity index (χ0) is 15.9. The monoisotopic (exact) mass is 313 g/mol. The molecule has 1 aromatic carbocycles. The van der Waals surface area contributed by atoms with Crippen molar-refractivity contribution in [3.05, 3.63) is 29.3 Å². The SMILES string of the molecule is COc1c(C(=O)N2CC[C@H]3C[C@@H]3CC2)cccc1C(F)(F)F. The molecule has 0 spiro atoms. The maximum absolute atomic E-state index is 13.0. The number of halogens is 3. The topological polar surface area (TPSA) is 29.5 Å². The molecule has 0 N–H and O–H groups in total. The second-order valence-electron chi connectivity index (χ2n) is 6.01. The molecular weight excluding hydrogens is 295 g/mol. The number of likely N-dealkylation sites (tertiary alicyclic amines) is 1. The molecule has 0 bridgehead atoms. The molecule has 22 heavy (non-hydrogen) atoms. The van der Waals surface area contributed by atoms with Crippen molar-refractivity contribution in [1.29, 1.82) is 0 Å². The van der Waals surface area contributed by atoms with Crippen molar-refractivity contribution in [3.8, 4) is 5.75 Å². The number of hydrogen-bond acceptors (Lipinski definition) is 2. The molecule has 0 aromatic heterocycles. The highest BCUT2D eigenvalue weighted by Gasteiger charge is 2.40. The number of carbonyl (C=O) groups is 1. The highest BCUT2D eigenvalue weighted by molar-refractivity contribution is 5.97. The maximum atomic E-state index is 13.0. The van der Waals surface area contributed by atoms with Gasteiger partial charge in [0.2, 0.25) is 0 Å². The van der Waals surface area contributed by atoms with Crippen LogP contribution in [0.25, 0.3) is 0 Å². The summed E-state index contributed by atoms with van der Waals surface area (Å²) < 4.78 is 44.0. The third-order valence-corrected chi connectivity index (χ3v) is 4.65. The molecule has 2 atom stereocenters. The second-order valence-corrected chi connectivity index (χ2v) is 6.01. The van der Waals surface area contributed by atoms with Crippen molar-refractivity contribution in [3.63, 3.8) is 0 Å². The van der Waals surface area contributed by atoms with E-state index in [0.29, 0.717) is 24.9 Å². The van der Waals surface area contributed by atoms with Crippen molar-refractivity contribution < 1.29 is 22.7 Å². The fourth-order valence-electron chi connectivity index (χ4n) is 3.29. The number of methoxy groups -OCH3 is 1. The summed E-state index contributed by atoms with van der Waals surface area (Å²) in [6.45, 7) is 1.22. The molecule has 120 valence electrons. The zero-order valence-electron chi connectivity index (χ0n) is 12.3. The predicted octanol–water partition coefficient (Wildman–Crippen LogP) is 3.59. The Balaban J connectivity index is 1.88. The van der Waals surface area contributed by atoms with E-state index in [1.807, 2.05) is 0 Å². The van der Waals surface area contributed by atoms with E-state index in [-0.39, 0.29) is 17.2 Å². The fourth-order valence-corrected chi connectivity index (χ4v) is 3.29. The number of carbonyl (C=O) groups excluding carboxylic acids is 1. The van der Waals surface area contributed by atoms with E-state index < -0.39 is 11.7 Å². The van der Waals surface area contributed by atoms with E-state index in [2.05, 4.69) is 0 Å². The molecule has 2 aliphatic rings. The Kier molecular flexibility index (Phi) is 3.78. The standard InChI is InChI=1S/C16H18F3NO2/c1-22-14-12(3-2-4-13(14)16(17,18)19)15(21)20-7-5-10-9-11(10)6-8-20/h2-4,10-11H,5-9H2,1H3/t10-,11-/m0/s1. The van der Waals surface area contributed by atoms with E-state index in [9.17, 15) is 18.0 Å². The number of benzene rings is 1. The van der Waals surface area contributed by atoms with Crippen LogP contribution >= 0.6 is 0 Å². The number of amides is 1. The van der Waals surface area contributed by atoms with Crippen molar-refractivity contribution in [1.82, 2.24) is 4.90 Å². The lowest BCUT2D eigenvalue weighted by molar-refractivity contribution is -0.138. The molecule has 3 nitrogen and oxygen atoms in total. The van der Waals surface area contributed by atoms with Crippen LogP contribution in [0.1, 0.15) is 35.2 Å². The number of fused-ring (bicyclic) bond motifs is 1. The van der Waals surface area contributed by atoms with Gasteiger partial charge >= 0.3 is 6.18 Å². The minimum Gasteiger partial charge on any atom is -0.495 e. The second kappa shape index (κ2) is 5.48. The highest BCUT2D eigenvalue weighted by atomic mass is 19.4. The molecule has 1 amide bonds. The molecule has 0 unspecified atom stereocenters. The summed E-state index contributed by atoms with van der Waals surface area (Å²) in [7, 11) is 1.17. The Morgan fingerprint density at radius 2 is 1.86 bits per heavy atom. The van der Waals surface area contributed by atoms with E-state index in [1.54, 1.807) is 4.90 Å². The molecule has 1 aliphatic carbocycles. The van der Waals surface area contributed by atoms with Gasteiger partial charge in [-0.25, -0.2) is 0 Å². The summed E-state index contributed by atoms with van der Waals surface area (Å²) in [4.78, 5) is 14.3. The molecule has 1 saturated heterocycles. The van der Waals surface area contributed by atoms with Gasteiger partial charge in [0.15, 0.2) is 0 Å². The molecule has 0 radical (unpaired) electrons. The Bertz CT molecular complexity index is 573. The van der Waals surface area contributed by atoms with Gasteiger partial charge in [-0.3, -0.25) is 4.79 Å². The van der Waals surface area contributed by atoms with E-state index in [1.165, 1.54) is 25.7 Å². The Morgan fingerprint density at radius 1 is 1.23 bits per heavy atom.